The topological polar surface area (TPSA) is 54.5 Å². The van der Waals surface area contributed by atoms with Gasteiger partial charge in [-0.05, 0) is 62.7 Å². The Kier molecular flexibility index (Phi) is 6.31. The second kappa shape index (κ2) is 9.46. The molecule has 1 amide bonds. The van der Waals surface area contributed by atoms with Crippen LogP contribution in [0.25, 0.3) is 17.1 Å². The van der Waals surface area contributed by atoms with Crippen molar-refractivity contribution < 1.29 is 22.4 Å². The number of hydrogen-bond donors (Lipinski definition) is 0. The zero-order valence-electron chi connectivity index (χ0n) is 20.8. The first kappa shape index (κ1) is 24.7. The summed E-state index contributed by atoms with van der Waals surface area (Å²) in [5.41, 5.74) is 3.66. The van der Waals surface area contributed by atoms with E-state index in [0.717, 1.165) is 34.7 Å². The summed E-state index contributed by atoms with van der Waals surface area (Å²) in [6, 6.07) is 16.7. The Morgan fingerprint density at radius 3 is 2.32 bits per heavy atom. The molecule has 0 aliphatic carbocycles. The summed E-state index contributed by atoms with van der Waals surface area (Å²) >= 11 is 0. The van der Waals surface area contributed by atoms with Crippen LogP contribution in [0.3, 0.4) is 0 Å². The first-order valence-electron chi connectivity index (χ1n) is 12.1. The molecule has 0 N–H and O–H groups in total. The van der Waals surface area contributed by atoms with E-state index < -0.39 is 11.7 Å². The molecule has 2 aromatic heterocycles. The normalized spacial score (nSPS) is 14.3. The monoisotopic (exact) mass is 508 g/mol. The lowest BCUT2D eigenvalue weighted by Crippen LogP contribution is -2.49. The smallest absolute Gasteiger partial charge is 0.416 e. The highest BCUT2D eigenvalue weighted by Crippen LogP contribution is 2.32. The molecular weight excluding hydrogens is 481 g/mol. The van der Waals surface area contributed by atoms with Gasteiger partial charge in [0.25, 0.3) is 5.91 Å². The van der Waals surface area contributed by atoms with Crippen LogP contribution in [-0.2, 0) is 6.18 Å². The number of hydrogen-bond acceptors (Lipinski definition) is 4. The maximum atomic E-state index is 13.7. The molecule has 5 rings (SSSR count). The summed E-state index contributed by atoms with van der Waals surface area (Å²) in [6.07, 6.45) is -4.40. The minimum atomic E-state index is -4.40. The zero-order chi connectivity index (χ0) is 26.3. The fraction of sp³-hybridized carbons (Fsp3) is 0.286. The van der Waals surface area contributed by atoms with E-state index in [9.17, 15) is 18.0 Å². The number of halogens is 3. The number of nitrogens with zero attached hydrogens (tertiary/aromatic N) is 4. The number of benzene rings is 2. The van der Waals surface area contributed by atoms with E-state index in [1.54, 1.807) is 21.7 Å². The van der Waals surface area contributed by atoms with Gasteiger partial charge in [0.15, 0.2) is 5.76 Å². The number of carbonyl (C=O) groups is 1. The van der Waals surface area contributed by atoms with Crippen molar-refractivity contribution in [3.63, 3.8) is 0 Å². The van der Waals surface area contributed by atoms with Crippen LogP contribution in [0, 0.1) is 20.8 Å². The molecule has 0 spiro atoms. The quantitative estimate of drug-likeness (QED) is 0.337. The van der Waals surface area contributed by atoms with Crippen molar-refractivity contribution in [2.24, 2.45) is 0 Å². The van der Waals surface area contributed by atoms with Crippen molar-refractivity contribution >= 4 is 11.6 Å². The fourth-order valence-corrected chi connectivity index (χ4v) is 4.66. The van der Waals surface area contributed by atoms with Crippen molar-refractivity contribution in [2.45, 2.75) is 26.9 Å². The number of aryl methyl sites for hydroxylation is 3. The Bertz CT molecular complexity index is 1450. The molecule has 0 unspecified atom stereocenters. The summed E-state index contributed by atoms with van der Waals surface area (Å²) in [4.78, 5) is 17.3. The number of rotatable bonds is 4. The van der Waals surface area contributed by atoms with Gasteiger partial charge in [-0.25, -0.2) is 4.68 Å². The van der Waals surface area contributed by atoms with Crippen LogP contribution in [0.4, 0.5) is 18.9 Å². The highest BCUT2D eigenvalue weighted by atomic mass is 19.4. The number of furan rings is 1. The third-order valence-electron chi connectivity index (χ3n) is 6.61. The first-order chi connectivity index (χ1) is 17.6. The minimum absolute atomic E-state index is 0.189. The van der Waals surface area contributed by atoms with Gasteiger partial charge in [-0.2, -0.15) is 18.3 Å². The maximum Gasteiger partial charge on any atom is 0.416 e. The number of piperazine rings is 1. The fourth-order valence-electron chi connectivity index (χ4n) is 4.66. The van der Waals surface area contributed by atoms with Gasteiger partial charge in [-0.1, -0.05) is 23.8 Å². The first-order valence-corrected chi connectivity index (χ1v) is 12.1. The summed E-state index contributed by atoms with van der Waals surface area (Å²) < 4.78 is 46.9. The Labute approximate surface area is 212 Å². The van der Waals surface area contributed by atoms with Gasteiger partial charge in [-0.3, -0.25) is 4.79 Å². The summed E-state index contributed by atoms with van der Waals surface area (Å²) in [5, 5.41) is 4.72. The van der Waals surface area contributed by atoms with Gasteiger partial charge >= 0.3 is 6.18 Å². The van der Waals surface area contributed by atoms with Crippen LogP contribution >= 0.6 is 0 Å². The van der Waals surface area contributed by atoms with Crippen LogP contribution in [0.5, 0.6) is 0 Å². The van der Waals surface area contributed by atoms with E-state index in [0.29, 0.717) is 49.0 Å². The largest absolute Gasteiger partial charge is 0.460 e. The van der Waals surface area contributed by atoms with Gasteiger partial charge < -0.3 is 14.2 Å². The lowest BCUT2D eigenvalue weighted by molar-refractivity contribution is -0.137. The molecule has 2 aromatic carbocycles. The standard InChI is InChI=1S/C28H27F3N4O2/c1-18-7-9-24(19(2)15-18)35-25(17-23(32-35)26-10-8-20(3)37-26)27(36)34-13-11-33(12-14-34)22-6-4-5-21(16-22)28(29,30)31/h4-10,15-17H,11-14H2,1-3H3. The molecule has 1 aliphatic rings. The van der Waals surface area contributed by atoms with Crippen LogP contribution < -0.4 is 4.90 Å². The highest BCUT2D eigenvalue weighted by Gasteiger charge is 2.32. The van der Waals surface area contributed by atoms with E-state index >= 15 is 0 Å². The highest BCUT2D eigenvalue weighted by molar-refractivity contribution is 5.94. The number of anilines is 1. The molecule has 9 heteroatoms. The molecule has 1 fully saturated rings. The van der Waals surface area contributed by atoms with Crippen molar-refractivity contribution in [1.82, 2.24) is 14.7 Å². The number of alkyl halides is 3. The van der Waals surface area contributed by atoms with E-state index in [-0.39, 0.29) is 5.91 Å². The Morgan fingerprint density at radius 2 is 1.68 bits per heavy atom. The second-order valence-electron chi connectivity index (χ2n) is 9.35. The molecule has 192 valence electrons. The number of carbonyl (C=O) groups excluding carboxylic acids is 1. The Morgan fingerprint density at radius 1 is 0.919 bits per heavy atom. The van der Waals surface area contributed by atoms with Crippen molar-refractivity contribution in [2.75, 3.05) is 31.1 Å². The third kappa shape index (κ3) is 4.98. The summed E-state index contributed by atoms with van der Waals surface area (Å²) in [7, 11) is 0. The molecule has 0 saturated carbocycles. The summed E-state index contributed by atoms with van der Waals surface area (Å²) in [5.74, 6) is 1.13. The molecule has 0 atom stereocenters. The molecule has 1 aliphatic heterocycles. The van der Waals surface area contributed by atoms with Gasteiger partial charge in [0.05, 0.1) is 11.3 Å². The molecule has 6 nitrogen and oxygen atoms in total. The van der Waals surface area contributed by atoms with Crippen molar-refractivity contribution in [1.29, 1.82) is 0 Å². The molecule has 3 heterocycles. The number of aromatic nitrogens is 2. The lowest BCUT2D eigenvalue weighted by Gasteiger charge is -2.36. The van der Waals surface area contributed by atoms with Crippen LogP contribution in [0.1, 0.15) is 32.9 Å². The van der Waals surface area contributed by atoms with Gasteiger partial charge in [0, 0.05) is 37.9 Å². The summed E-state index contributed by atoms with van der Waals surface area (Å²) in [6.45, 7) is 7.44. The molecule has 37 heavy (non-hydrogen) atoms. The van der Waals surface area contributed by atoms with E-state index in [2.05, 4.69) is 0 Å². The van der Waals surface area contributed by atoms with Gasteiger partial charge in [-0.15, -0.1) is 0 Å². The number of amides is 1. The predicted molar refractivity (Wildman–Crippen MR) is 135 cm³/mol. The Hall–Kier alpha value is -4.01. The maximum absolute atomic E-state index is 13.7. The minimum Gasteiger partial charge on any atom is -0.460 e. The second-order valence-corrected chi connectivity index (χ2v) is 9.35. The Balaban J connectivity index is 1.41. The molecule has 0 bridgehead atoms. The average Bonchev–Trinajstić information content (AvgIpc) is 3.50. The van der Waals surface area contributed by atoms with Crippen molar-refractivity contribution in [3.05, 3.63) is 88.8 Å². The lowest BCUT2D eigenvalue weighted by atomic mass is 10.1. The van der Waals surface area contributed by atoms with E-state index in [1.165, 1.54) is 6.07 Å². The average molecular weight is 509 g/mol. The zero-order valence-corrected chi connectivity index (χ0v) is 20.8. The molecule has 0 radical (unpaired) electrons. The third-order valence-corrected chi connectivity index (χ3v) is 6.61. The van der Waals surface area contributed by atoms with Gasteiger partial charge in [0.1, 0.15) is 17.1 Å². The van der Waals surface area contributed by atoms with E-state index in [1.807, 2.05) is 56.0 Å². The van der Waals surface area contributed by atoms with Crippen molar-refractivity contribution in [3.8, 4) is 17.1 Å². The molecule has 4 aromatic rings. The van der Waals surface area contributed by atoms with Crippen LogP contribution in [-0.4, -0.2) is 46.8 Å². The SMILES string of the molecule is Cc1ccc(-n2nc(-c3ccc(C)o3)cc2C(=O)N2CCN(c3cccc(C(F)(F)F)c3)CC2)c(C)c1. The predicted octanol–water partition coefficient (Wildman–Crippen LogP) is 6.04. The van der Waals surface area contributed by atoms with Crippen LogP contribution in [0.15, 0.2) is 65.1 Å². The molecular formula is C28H27F3N4O2. The molecule has 1 saturated heterocycles. The van der Waals surface area contributed by atoms with Crippen LogP contribution in [0.2, 0.25) is 0 Å². The van der Waals surface area contributed by atoms with Gasteiger partial charge in [0.2, 0.25) is 0 Å². The van der Waals surface area contributed by atoms with E-state index in [4.69, 9.17) is 9.52 Å².